The van der Waals surface area contributed by atoms with Crippen LogP contribution in [0.2, 0.25) is 0 Å². The molecule has 6 rings (SSSR count). The van der Waals surface area contributed by atoms with E-state index in [2.05, 4.69) is 22.0 Å². The van der Waals surface area contributed by atoms with Crippen LogP contribution in [0.1, 0.15) is 53.7 Å². The molecule has 1 aliphatic heterocycles. The van der Waals surface area contributed by atoms with Gasteiger partial charge in [0.25, 0.3) is 11.8 Å². The van der Waals surface area contributed by atoms with E-state index in [0.29, 0.717) is 25.2 Å². The van der Waals surface area contributed by atoms with Gasteiger partial charge in [-0.15, -0.1) is 0 Å². The average molecular weight is 492 g/mol. The van der Waals surface area contributed by atoms with Crippen molar-refractivity contribution in [3.05, 3.63) is 108 Å². The van der Waals surface area contributed by atoms with E-state index in [9.17, 15) is 9.59 Å². The molecular weight excluding hydrogens is 458 g/mol. The Labute approximate surface area is 218 Å². The quantitative estimate of drug-likeness (QED) is 0.377. The normalized spacial score (nSPS) is 20.1. The third-order valence-electron chi connectivity index (χ3n) is 8.16. The molecule has 0 bridgehead atoms. The molecule has 1 aromatic heterocycles. The molecule has 3 aromatic carbocycles. The molecule has 0 radical (unpaired) electrons. The number of carbonyl (C=O) groups is 2. The number of rotatable bonds is 6. The van der Waals surface area contributed by atoms with Gasteiger partial charge >= 0.3 is 0 Å². The van der Waals surface area contributed by atoms with Crippen LogP contribution in [0.5, 0.6) is 0 Å². The van der Waals surface area contributed by atoms with Gasteiger partial charge in [-0.2, -0.15) is 0 Å². The number of amides is 2. The molecule has 5 heteroatoms. The molecule has 2 heterocycles. The van der Waals surface area contributed by atoms with E-state index in [-0.39, 0.29) is 17.9 Å². The second kappa shape index (κ2) is 9.89. The number of aromatic nitrogens is 1. The molecule has 2 amide bonds. The number of hydrogen-bond donors (Lipinski definition) is 1. The first-order valence-corrected chi connectivity index (χ1v) is 13.5. The van der Waals surface area contributed by atoms with E-state index in [1.54, 1.807) is 0 Å². The van der Waals surface area contributed by atoms with Gasteiger partial charge in [-0.05, 0) is 42.5 Å². The Bertz CT molecular complexity index is 1410. The van der Waals surface area contributed by atoms with Crippen molar-refractivity contribution in [1.29, 1.82) is 0 Å². The molecule has 37 heavy (non-hydrogen) atoms. The van der Waals surface area contributed by atoms with Gasteiger partial charge in [0, 0.05) is 23.5 Å². The van der Waals surface area contributed by atoms with Crippen LogP contribution in [-0.4, -0.2) is 33.9 Å². The molecule has 1 fully saturated rings. The highest BCUT2D eigenvalue weighted by Crippen LogP contribution is 2.39. The van der Waals surface area contributed by atoms with Crippen LogP contribution < -0.4 is 5.32 Å². The summed E-state index contributed by atoms with van der Waals surface area (Å²) >= 11 is 0. The van der Waals surface area contributed by atoms with Crippen LogP contribution >= 0.6 is 0 Å². The lowest BCUT2D eigenvalue weighted by Crippen LogP contribution is -2.64. The summed E-state index contributed by atoms with van der Waals surface area (Å²) in [4.78, 5) is 30.7. The van der Waals surface area contributed by atoms with Crippen LogP contribution in [-0.2, 0) is 23.3 Å². The van der Waals surface area contributed by atoms with Gasteiger partial charge < -0.3 is 14.8 Å². The molecular formula is C32H33N3O2. The van der Waals surface area contributed by atoms with E-state index in [1.807, 2.05) is 83.8 Å². The smallest absolute Gasteiger partial charge is 0.271 e. The zero-order valence-corrected chi connectivity index (χ0v) is 21.1. The molecule has 188 valence electrons. The Morgan fingerprint density at radius 2 is 1.54 bits per heavy atom. The molecule has 2 aliphatic rings. The minimum absolute atomic E-state index is 0.0737. The Morgan fingerprint density at radius 3 is 2.30 bits per heavy atom. The van der Waals surface area contributed by atoms with Crippen molar-refractivity contribution in [3.8, 4) is 0 Å². The van der Waals surface area contributed by atoms with Gasteiger partial charge in [-0.3, -0.25) is 9.59 Å². The second-order valence-corrected chi connectivity index (χ2v) is 10.4. The Morgan fingerprint density at radius 1 is 0.865 bits per heavy atom. The molecule has 1 aliphatic carbocycles. The summed E-state index contributed by atoms with van der Waals surface area (Å²) in [5.74, 6) is -0.170. The number of fused-ring (bicyclic) bond motifs is 3. The minimum atomic E-state index is -1.14. The fourth-order valence-electron chi connectivity index (χ4n) is 6.20. The number of benzene rings is 3. The third kappa shape index (κ3) is 4.22. The summed E-state index contributed by atoms with van der Waals surface area (Å²) in [6.45, 7) is 0.844. The summed E-state index contributed by atoms with van der Waals surface area (Å²) in [5.41, 5.74) is 2.49. The molecule has 0 saturated heterocycles. The van der Waals surface area contributed by atoms with Crippen molar-refractivity contribution < 1.29 is 9.59 Å². The van der Waals surface area contributed by atoms with Gasteiger partial charge in [0.15, 0.2) is 5.54 Å². The first-order valence-electron chi connectivity index (χ1n) is 13.5. The average Bonchev–Trinajstić information content (AvgIpc) is 3.32. The van der Waals surface area contributed by atoms with Gasteiger partial charge in [-0.25, -0.2) is 0 Å². The topological polar surface area (TPSA) is 54.3 Å². The predicted molar refractivity (Wildman–Crippen MR) is 146 cm³/mol. The Balaban J connectivity index is 1.49. The van der Waals surface area contributed by atoms with Gasteiger partial charge in [0.05, 0.1) is 6.54 Å². The predicted octanol–water partition coefficient (Wildman–Crippen LogP) is 5.68. The van der Waals surface area contributed by atoms with Gasteiger partial charge in [-0.1, -0.05) is 98.1 Å². The third-order valence-corrected chi connectivity index (χ3v) is 8.16. The zero-order chi connectivity index (χ0) is 25.2. The molecule has 1 N–H and O–H groups in total. The maximum Gasteiger partial charge on any atom is 0.271 e. The highest BCUT2D eigenvalue weighted by atomic mass is 16.2. The van der Waals surface area contributed by atoms with Crippen molar-refractivity contribution in [2.75, 3.05) is 6.54 Å². The largest absolute Gasteiger partial charge is 0.351 e. The lowest BCUT2D eigenvalue weighted by Gasteiger charge is -2.47. The van der Waals surface area contributed by atoms with Crippen LogP contribution in [0, 0.1) is 0 Å². The van der Waals surface area contributed by atoms with Crippen molar-refractivity contribution in [1.82, 2.24) is 14.8 Å². The monoisotopic (exact) mass is 491 g/mol. The van der Waals surface area contributed by atoms with Crippen molar-refractivity contribution in [3.63, 3.8) is 0 Å². The maximum absolute atomic E-state index is 14.5. The minimum Gasteiger partial charge on any atom is -0.351 e. The summed E-state index contributed by atoms with van der Waals surface area (Å²) in [5, 5.41) is 4.42. The molecule has 0 spiro atoms. The lowest BCUT2D eigenvalue weighted by molar-refractivity contribution is -0.135. The lowest BCUT2D eigenvalue weighted by atomic mass is 9.83. The van der Waals surface area contributed by atoms with Crippen LogP contribution in [0.3, 0.4) is 0 Å². The molecule has 1 atom stereocenters. The van der Waals surface area contributed by atoms with Crippen molar-refractivity contribution >= 4 is 22.7 Å². The van der Waals surface area contributed by atoms with E-state index < -0.39 is 5.54 Å². The van der Waals surface area contributed by atoms with Crippen LogP contribution in [0.4, 0.5) is 0 Å². The first-order chi connectivity index (χ1) is 18.2. The molecule has 1 saturated carbocycles. The SMILES string of the molecule is O=C1c2cc3ccccc3n2C[C@](C(=O)NC2CCCCC2)(c2ccccc2)N1CCc1ccccc1. The summed E-state index contributed by atoms with van der Waals surface area (Å²) in [6, 6.07) is 30.3. The fourth-order valence-corrected chi connectivity index (χ4v) is 6.20. The number of carbonyl (C=O) groups excluding carboxylic acids is 2. The molecule has 0 unspecified atom stereocenters. The number of hydrogen-bond acceptors (Lipinski definition) is 2. The number of para-hydroxylation sites is 1. The highest BCUT2D eigenvalue weighted by Gasteiger charge is 2.52. The summed E-state index contributed by atoms with van der Waals surface area (Å²) in [6.07, 6.45) is 6.14. The number of nitrogens with zero attached hydrogens (tertiary/aromatic N) is 2. The van der Waals surface area contributed by atoms with Gasteiger partial charge in [0.2, 0.25) is 0 Å². The van der Waals surface area contributed by atoms with Crippen molar-refractivity contribution in [2.45, 2.75) is 56.7 Å². The molecule has 5 nitrogen and oxygen atoms in total. The van der Waals surface area contributed by atoms with Crippen LogP contribution in [0.15, 0.2) is 91.0 Å². The van der Waals surface area contributed by atoms with Crippen molar-refractivity contribution in [2.24, 2.45) is 0 Å². The Kier molecular flexibility index (Phi) is 6.29. The fraction of sp³-hybridized carbons (Fsp3) is 0.312. The Hall–Kier alpha value is -3.86. The van der Waals surface area contributed by atoms with E-state index in [1.165, 1.54) is 6.42 Å². The first kappa shape index (κ1) is 23.5. The van der Waals surface area contributed by atoms with Gasteiger partial charge in [0.1, 0.15) is 5.69 Å². The van der Waals surface area contributed by atoms with Crippen LogP contribution in [0.25, 0.3) is 10.9 Å². The highest BCUT2D eigenvalue weighted by molar-refractivity contribution is 6.04. The van der Waals surface area contributed by atoms with E-state index in [0.717, 1.165) is 47.7 Å². The van der Waals surface area contributed by atoms with E-state index in [4.69, 9.17) is 0 Å². The standard InChI is InChI=1S/C32H33N3O2/c36-30-29-22-25-14-10-11-19-28(25)34(29)23-32(26-15-6-2-7-16-26,31(37)33-27-17-8-3-9-18-27)35(30)21-20-24-12-4-1-5-13-24/h1-2,4-7,10-16,19,22,27H,3,8-9,17-18,20-21,23H2,(H,33,37)/t32-/m1/s1. The maximum atomic E-state index is 14.5. The van der Waals surface area contributed by atoms with E-state index >= 15 is 0 Å². The molecule has 4 aromatic rings. The summed E-state index contributed by atoms with van der Waals surface area (Å²) < 4.78 is 2.06. The summed E-state index contributed by atoms with van der Waals surface area (Å²) in [7, 11) is 0. The second-order valence-electron chi connectivity index (χ2n) is 10.4. The zero-order valence-electron chi connectivity index (χ0n) is 21.1. The number of nitrogens with one attached hydrogen (secondary N) is 1.